The maximum atomic E-state index is 13.3. The predicted octanol–water partition coefficient (Wildman–Crippen LogP) is 2.06. The number of nitrogens with zero attached hydrogens (tertiary/aromatic N) is 5. The third-order valence-electron chi connectivity index (χ3n) is 7.03. The number of pyridine rings is 2. The monoisotopic (exact) mass is 520 g/mol. The molecule has 0 aromatic carbocycles. The molecule has 4 heterocycles. The molecule has 198 valence electrons. The Morgan fingerprint density at radius 3 is 2.87 bits per heavy atom. The zero-order chi connectivity index (χ0) is 26.6. The van der Waals surface area contributed by atoms with Gasteiger partial charge in [0.1, 0.15) is 47.4 Å². The van der Waals surface area contributed by atoms with Gasteiger partial charge in [0.05, 0.1) is 18.9 Å². The molecule has 2 aromatic heterocycles. The minimum atomic E-state index is -0.465. The summed E-state index contributed by atoms with van der Waals surface area (Å²) < 4.78 is 16.5. The largest absolute Gasteiger partial charge is 0.486 e. The highest BCUT2D eigenvalue weighted by Crippen LogP contribution is 2.32. The molecule has 2 aromatic rings. The third-order valence-corrected chi connectivity index (χ3v) is 7.03. The number of ether oxygens (including phenoxy) is 3. The van der Waals surface area contributed by atoms with Crippen LogP contribution in [0.3, 0.4) is 0 Å². The Balaban J connectivity index is 1.34. The summed E-state index contributed by atoms with van der Waals surface area (Å²) in [6.07, 6.45) is 4.87. The van der Waals surface area contributed by atoms with Crippen LogP contribution in [0.2, 0.25) is 0 Å². The van der Waals surface area contributed by atoms with Crippen LogP contribution in [0.1, 0.15) is 46.4 Å². The van der Waals surface area contributed by atoms with E-state index in [9.17, 15) is 19.6 Å². The van der Waals surface area contributed by atoms with Gasteiger partial charge in [-0.2, -0.15) is 5.26 Å². The number of aldehydes is 1. The number of urea groups is 1. The summed E-state index contributed by atoms with van der Waals surface area (Å²) in [6.45, 7) is 1.57. The van der Waals surface area contributed by atoms with E-state index in [4.69, 9.17) is 14.2 Å². The van der Waals surface area contributed by atoms with E-state index >= 15 is 0 Å². The van der Waals surface area contributed by atoms with Crippen molar-refractivity contribution in [2.45, 2.75) is 44.4 Å². The van der Waals surface area contributed by atoms with Gasteiger partial charge in [-0.25, -0.2) is 14.8 Å². The van der Waals surface area contributed by atoms with Gasteiger partial charge in [-0.1, -0.05) is 0 Å². The molecule has 1 aliphatic carbocycles. The number of methoxy groups -OCH3 is 1. The van der Waals surface area contributed by atoms with E-state index in [1.165, 1.54) is 17.2 Å². The lowest BCUT2D eigenvalue weighted by Crippen LogP contribution is -2.43. The maximum absolute atomic E-state index is 13.3. The molecule has 3 aliphatic rings. The Morgan fingerprint density at radius 1 is 1.32 bits per heavy atom. The molecular formula is C26H28N6O6. The van der Waals surface area contributed by atoms with Crippen LogP contribution in [0, 0.1) is 11.3 Å². The number of aryl methyl sites for hydroxylation is 1. The zero-order valence-electron chi connectivity index (χ0n) is 21.0. The van der Waals surface area contributed by atoms with Crippen molar-refractivity contribution in [2.24, 2.45) is 0 Å². The smallest absolute Gasteiger partial charge is 0.328 e. The number of fused-ring (bicyclic) bond motifs is 1. The van der Waals surface area contributed by atoms with Crippen LogP contribution in [0.4, 0.5) is 16.4 Å². The fourth-order valence-electron chi connectivity index (χ4n) is 4.78. The lowest BCUT2D eigenvalue weighted by Gasteiger charge is -2.35. The minimum absolute atomic E-state index is 0.0203. The molecule has 1 unspecified atom stereocenters. The fraction of sp³-hybridized carbons (Fsp3) is 0.462. The van der Waals surface area contributed by atoms with Crippen LogP contribution in [0.5, 0.6) is 5.75 Å². The minimum Gasteiger partial charge on any atom is -0.486 e. The van der Waals surface area contributed by atoms with Crippen molar-refractivity contribution in [2.75, 3.05) is 43.6 Å². The molecule has 38 heavy (non-hydrogen) atoms. The van der Waals surface area contributed by atoms with Gasteiger partial charge >= 0.3 is 6.03 Å². The molecule has 2 atom stereocenters. The summed E-state index contributed by atoms with van der Waals surface area (Å²) in [4.78, 5) is 49.2. The van der Waals surface area contributed by atoms with E-state index in [-0.39, 0.29) is 48.3 Å². The molecule has 0 bridgehead atoms. The van der Waals surface area contributed by atoms with Crippen LogP contribution < -0.4 is 15.0 Å². The number of aromatic nitrogens is 2. The molecule has 5 rings (SSSR count). The van der Waals surface area contributed by atoms with Crippen molar-refractivity contribution in [3.05, 3.63) is 40.7 Å². The number of rotatable bonds is 7. The first-order chi connectivity index (χ1) is 18.5. The molecule has 1 saturated heterocycles. The van der Waals surface area contributed by atoms with Crippen molar-refractivity contribution in [3.8, 4) is 11.8 Å². The lowest BCUT2D eigenvalue weighted by molar-refractivity contribution is -0.143. The SMILES string of the molecule is COC1CC[C@H]1Oc1cc(NC(=O)N2CCCc3cc(CN4CCOCC4=O)c(C=O)nc32)ncc1C#N. The number of hydrogen-bond donors (Lipinski definition) is 1. The Kier molecular flexibility index (Phi) is 7.48. The van der Waals surface area contributed by atoms with Gasteiger partial charge in [-0.05, 0) is 37.3 Å². The quantitative estimate of drug-likeness (QED) is 0.542. The second kappa shape index (κ2) is 11.1. The predicted molar refractivity (Wildman–Crippen MR) is 134 cm³/mol. The maximum Gasteiger partial charge on any atom is 0.328 e. The van der Waals surface area contributed by atoms with Gasteiger partial charge < -0.3 is 19.1 Å². The highest BCUT2D eigenvalue weighted by molar-refractivity contribution is 6.01. The molecule has 2 fully saturated rings. The zero-order valence-corrected chi connectivity index (χ0v) is 21.0. The van der Waals surface area contributed by atoms with E-state index in [0.717, 1.165) is 18.4 Å². The highest BCUT2D eigenvalue weighted by Gasteiger charge is 2.34. The molecule has 0 spiro atoms. The van der Waals surface area contributed by atoms with E-state index in [1.807, 2.05) is 6.07 Å². The number of amides is 3. The first-order valence-electron chi connectivity index (χ1n) is 12.5. The molecule has 12 nitrogen and oxygen atoms in total. The van der Waals surface area contributed by atoms with Crippen LogP contribution >= 0.6 is 0 Å². The third kappa shape index (κ3) is 5.16. The van der Waals surface area contributed by atoms with Gasteiger partial charge in [-0.15, -0.1) is 0 Å². The van der Waals surface area contributed by atoms with Crippen molar-refractivity contribution in [3.63, 3.8) is 0 Å². The average molecular weight is 521 g/mol. The summed E-state index contributed by atoms with van der Waals surface area (Å²) in [5.41, 5.74) is 1.90. The van der Waals surface area contributed by atoms with Gasteiger partial charge in [0.25, 0.3) is 0 Å². The van der Waals surface area contributed by atoms with Crippen molar-refractivity contribution < 1.29 is 28.6 Å². The Labute approximate surface area is 219 Å². The normalized spacial score (nSPS) is 20.7. The van der Waals surface area contributed by atoms with Gasteiger partial charge in [0, 0.05) is 38.4 Å². The Hall–Kier alpha value is -4.08. The van der Waals surface area contributed by atoms with Gasteiger partial charge in [-0.3, -0.25) is 19.8 Å². The summed E-state index contributed by atoms with van der Waals surface area (Å²) in [6, 6.07) is 4.98. The molecule has 3 amide bonds. The number of nitriles is 1. The van der Waals surface area contributed by atoms with Crippen LogP contribution in [-0.2, 0) is 27.2 Å². The number of carbonyl (C=O) groups excluding carboxylic acids is 3. The van der Waals surface area contributed by atoms with Crippen molar-refractivity contribution in [1.29, 1.82) is 5.26 Å². The van der Waals surface area contributed by atoms with Crippen LogP contribution in [-0.4, -0.2) is 78.7 Å². The van der Waals surface area contributed by atoms with Crippen LogP contribution in [0.25, 0.3) is 0 Å². The van der Waals surface area contributed by atoms with E-state index in [1.54, 1.807) is 12.0 Å². The standard InChI is InChI=1S/C26H28N6O6/c1-36-20-4-5-21(20)38-22-10-23(28-12-18(22)11-27)30-26(35)32-6-2-3-16-9-17(19(14-33)29-25(16)32)13-31-7-8-37-15-24(31)34/h9-10,12,14,20-21H,2-8,13,15H2,1H3,(H,28,30,35)/t20?,21-/m1/s1. The highest BCUT2D eigenvalue weighted by atomic mass is 16.5. The summed E-state index contributed by atoms with van der Waals surface area (Å²) >= 11 is 0. The van der Waals surface area contributed by atoms with E-state index in [0.29, 0.717) is 56.0 Å². The lowest BCUT2D eigenvalue weighted by atomic mass is 9.92. The first-order valence-corrected chi connectivity index (χ1v) is 12.5. The molecular weight excluding hydrogens is 492 g/mol. The summed E-state index contributed by atoms with van der Waals surface area (Å²) in [5.74, 6) is 0.810. The van der Waals surface area contributed by atoms with Crippen molar-refractivity contribution >= 4 is 29.9 Å². The molecule has 2 aliphatic heterocycles. The molecule has 1 saturated carbocycles. The van der Waals surface area contributed by atoms with Crippen molar-refractivity contribution in [1.82, 2.24) is 14.9 Å². The fourth-order valence-corrected chi connectivity index (χ4v) is 4.78. The number of anilines is 2. The summed E-state index contributed by atoms with van der Waals surface area (Å²) in [5, 5.41) is 12.2. The number of morpholine rings is 1. The number of hydrogen-bond acceptors (Lipinski definition) is 9. The Bertz CT molecular complexity index is 1290. The number of nitrogens with one attached hydrogen (secondary N) is 1. The second-order valence-corrected chi connectivity index (χ2v) is 9.37. The topological polar surface area (TPSA) is 147 Å². The van der Waals surface area contributed by atoms with E-state index < -0.39 is 6.03 Å². The average Bonchev–Trinajstić information content (AvgIpc) is 2.92. The van der Waals surface area contributed by atoms with Gasteiger partial charge in [0.2, 0.25) is 5.91 Å². The molecule has 1 N–H and O–H groups in total. The molecule has 0 radical (unpaired) electrons. The van der Waals surface area contributed by atoms with E-state index in [2.05, 4.69) is 21.4 Å². The van der Waals surface area contributed by atoms with Crippen LogP contribution in [0.15, 0.2) is 18.3 Å². The number of carbonyl (C=O) groups is 3. The first kappa shape index (κ1) is 25.6. The Morgan fingerprint density at radius 2 is 2.16 bits per heavy atom. The van der Waals surface area contributed by atoms with Gasteiger partial charge in [0.15, 0.2) is 6.29 Å². The second-order valence-electron chi connectivity index (χ2n) is 9.37. The summed E-state index contributed by atoms with van der Waals surface area (Å²) in [7, 11) is 1.62. The molecule has 12 heteroatoms.